The number of hydrogen-bond donors (Lipinski definition) is 1. The van der Waals surface area contributed by atoms with E-state index >= 15 is 0 Å². The second-order valence-corrected chi connectivity index (χ2v) is 6.96. The van der Waals surface area contributed by atoms with E-state index < -0.39 is 0 Å². The first-order chi connectivity index (χ1) is 12.5. The normalized spacial score (nSPS) is 10.9. The number of para-hydroxylation sites is 1. The maximum atomic E-state index is 13.2. The molecule has 0 atom stereocenters. The number of fused-ring (bicyclic) bond motifs is 1. The lowest BCUT2D eigenvalue weighted by Crippen LogP contribution is -2.26. The second-order valence-electron chi connectivity index (χ2n) is 6.01. The Morgan fingerprint density at radius 3 is 2.69 bits per heavy atom. The molecule has 3 aromatic rings. The van der Waals surface area contributed by atoms with Crippen molar-refractivity contribution in [2.45, 2.75) is 25.9 Å². The number of thioether (sulfide) groups is 1. The van der Waals surface area contributed by atoms with Crippen LogP contribution in [0.4, 0.5) is 0 Å². The number of rotatable bonds is 5. The average Bonchev–Trinajstić information content (AvgIpc) is 2.63. The van der Waals surface area contributed by atoms with Crippen LogP contribution in [0.15, 0.2) is 52.4 Å². The number of aromatic nitrogens is 2. The van der Waals surface area contributed by atoms with Gasteiger partial charge in [0.05, 0.1) is 22.3 Å². The molecule has 1 heterocycles. The summed E-state index contributed by atoms with van der Waals surface area (Å²) in [4.78, 5) is 29.7. The van der Waals surface area contributed by atoms with Gasteiger partial charge in [-0.05, 0) is 50.1 Å². The van der Waals surface area contributed by atoms with Crippen LogP contribution in [0.25, 0.3) is 16.6 Å². The molecule has 6 heteroatoms. The van der Waals surface area contributed by atoms with Crippen molar-refractivity contribution < 1.29 is 4.79 Å². The fourth-order valence-electron chi connectivity index (χ4n) is 2.78. The van der Waals surface area contributed by atoms with Crippen molar-refractivity contribution in [2.75, 3.05) is 12.3 Å². The van der Waals surface area contributed by atoms with Crippen LogP contribution >= 0.6 is 11.8 Å². The summed E-state index contributed by atoms with van der Waals surface area (Å²) in [5, 5.41) is 3.86. The number of amides is 1. The Morgan fingerprint density at radius 2 is 1.92 bits per heavy atom. The summed E-state index contributed by atoms with van der Waals surface area (Å²) in [6.45, 7) is 6.46. The third-order valence-electron chi connectivity index (χ3n) is 4.27. The molecule has 0 aliphatic rings. The molecule has 0 saturated carbocycles. The van der Waals surface area contributed by atoms with Gasteiger partial charge in [-0.25, -0.2) is 4.98 Å². The molecule has 1 N–H and O–H groups in total. The van der Waals surface area contributed by atoms with Crippen LogP contribution in [-0.2, 0) is 4.79 Å². The fraction of sp³-hybridized carbons (Fsp3) is 0.250. The van der Waals surface area contributed by atoms with E-state index in [1.165, 1.54) is 11.8 Å². The summed E-state index contributed by atoms with van der Waals surface area (Å²) in [5.41, 5.74) is 3.43. The van der Waals surface area contributed by atoms with Crippen LogP contribution in [0.5, 0.6) is 0 Å². The van der Waals surface area contributed by atoms with Crippen LogP contribution in [0.2, 0.25) is 0 Å². The van der Waals surface area contributed by atoms with Crippen molar-refractivity contribution in [3.05, 3.63) is 63.9 Å². The van der Waals surface area contributed by atoms with E-state index in [0.29, 0.717) is 22.6 Å². The lowest BCUT2D eigenvalue weighted by atomic mass is 10.1. The zero-order valence-electron chi connectivity index (χ0n) is 15.1. The summed E-state index contributed by atoms with van der Waals surface area (Å²) < 4.78 is 1.62. The Kier molecular flexibility index (Phi) is 5.42. The number of carbonyl (C=O) groups excluding carboxylic acids is 1. The fourth-order valence-corrected chi connectivity index (χ4v) is 3.61. The van der Waals surface area contributed by atoms with E-state index in [2.05, 4.69) is 10.3 Å². The molecule has 0 saturated heterocycles. The quantitative estimate of drug-likeness (QED) is 0.555. The molecule has 1 amide bonds. The van der Waals surface area contributed by atoms with E-state index in [9.17, 15) is 9.59 Å². The molecule has 0 radical (unpaired) electrons. The van der Waals surface area contributed by atoms with Gasteiger partial charge >= 0.3 is 0 Å². The highest BCUT2D eigenvalue weighted by Crippen LogP contribution is 2.24. The predicted octanol–water partition coefficient (Wildman–Crippen LogP) is 3.23. The highest BCUT2D eigenvalue weighted by atomic mass is 32.2. The molecule has 26 heavy (non-hydrogen) atoms. The molecule has 1 aromatic heterocycles. The minimum atomic E-state index is -0.123. The van der Waals surface area contributed by atoms with Crippen molar-refractivity contribution in [1.29, 1.82) is 0 Å². The number of nitrogens with zero attached hydrogens (tertiary/aromatic N) is 2. The number of aryl methyl sites for hydroxylation is 1. The summed E-state index contributed by atoms with van der Waals surface area (Å²) in [6.07, 6.45) is 0. The van der Waals surface area contributed by atoms with E-state index in [1.54, 1.807) is 10.6 Å². The molecule has 5 nitrogen and oxygen atoms in total. The van der Waals surface area contributed by atoms with Gasteiger partial charge in [0, 0.05) is 6.54 Å². The highest BCUT2D eigenvalue weighted by molar-refractivity contribution is 7.99. The molecule has 2 aromatic carbocycles. The third-order valence-corrected chi connectivity index (χ3v) is 5.21. The number of hydrogen-bond acceptors (Lipinski definition) is 4. The van der Waals surface area contributed by atoms with Crippen LogP contribution in [-0.4, -0.2) is 27.8 Å². The zero-order valence-corrected chi connectivity index (χ0v) is 15.9. The molecule has 0 fully saturated rings. The molecule has 0 spiro atoms. The summed E-state index contributed by atoms with van der Waals surface area (Å²) in [7, 11) is 0. The van der Waals surface area contributed by atoms with Crippen LogP contribution in [0.1, 0.15) is 18.1 Å². The van der Waals surface area contributed by atoms with Crippen molar-refractivity contribution in [3.63, 3.8) is 0 Å². The minimum Gasteiger partial charge on any atom is -0.356 e. The van der Waals surface area contributed by atoms with Gasteiger partial charge in [-0.2, -0.15) is 0 Å². The maximum absolute atomic E-state index is 13.2. The molecular weight excluding hydrogens is 346 g/mol. The number of benzene rings is 2. The smallest absolute Gasteiger partial charge is 0.266 e. The molecule has 0 aliphatic carbocycles. The second kappa shape index (κ2) is 7.74. The first-order valence-corrected chi connectivity index (χ1v) is 9.49. The van der Waals surface area contributed by atoms with E-state index in [0.717, 1.165) is 16.8 Å². The summed E-state index contributed by atoms with van der Waals surface area (Å²) in [5.74, 6) is 0.135. The van der Waals surface area contributed by atoms with Crippen molar-refractivity contribution in [1.82, 2.24) is 14.9 Å². The first kappa shape index (κ1) is 18.2. The highest BCUT2D eigenvalue weighted by Gasteiger charge is 2.16. The average molecular weight is 367 g/mol. The molecule has 134 valence electrons. The van der Waals surface area contributed by atoms with Gasteiger partial charge in [0.1, 0.15) is 0 Å². The van der Waals surface area contributed by atoms with Crippen molar-refractivity contribution >= 4 is 28.6 Å². The molecular formula is C20H21N3O2S. The Hall–Kier alpha value is -2.60. The lowest BCUT2D eigenvalue weighted by molar-refractivity contribution is -0.118. The number of carbonyl (C=O) groups is 1. The SMILES string of the molecule is CCNC(=O)CSc1nc2ccccc2c(=O)n1-c1cccc(C)c1C. The van der Waals surface area contributed by atoms with Gasteiger partial charge in [0.25, 0.3) is 5.56 Å². The number of nitrogens with one attached hydrogen (secondary N) is 1. The molecule has 0 aliphatic heterocycles. The zero-order chi connectivity index (χ0) is 18.7. The van der Waals surface area contributed by atoms with Gasteiger partial charge in [-0.15, -0.1) is 0 Å². The largest absolute Gasteiger partial charge is 0.356 e. The summed E-state index contributed by atoms with van der Waals surface area (Å²) >= 11 is 1.27. The standard InChI is InChI=1S/C20H21N3O2S/c1-4-21-18(24)12-26-20-22-16-10-6-5-9-15(16)19(25)23(20)17-11-7-8-13(2)14(17)3/h5-11H,4,12H2,1-3H3,(H,21,24). The Labute approximate surface area is 156 Å². The molecule has 0 unspecified atom stereocenters. The minimum absolute atomic E-state index is 0.0765. The molecule has 0 bridgehead atoms. The Morgan fingerprint density at radius 1 is 1.15 bits per heavy atom. The Bertz CT molecular complexity index is 1030. The van der Waals surface area contributed by atoms with Gasteiger partial charge in [-0.3, -0.25) is 14.2 Å². The van der Waals surface area contributed by atoms with Crippen LogP contribution in [0.3, 0.4) is 0 Å². The Balaban J connectivity index is 2.19. The van der Waals surface area contributed by atoms with E-state index in [4.69, 9.17) is 0 Å². The monoisotopic (exact) mass is 367 g/mol. The van der Waals surface area contributed by atoms with E-state index in [-0.39, 0.29) is 17.2 Å². The topological polar surface area (TPSA) is 64.0 Å². The summed E-state index contributed by atoms with van der Waals surface area (Å²) in [6, 6.07) is 13.1. The third kappa shape index (κ3) is 3.51. The van der Waals surface area contributed by atoms with Crippen LogP contribution < -0.4 is 10.9 Å². The van der Waals surface area contributed by atoms with Gasteiger partial charge in [0.15, 0.2) is 5.16 Å². The van der Waals surface area contributed by atoms with Gasteiger partial charge < -0.3 is 5.32 Å². The van der Waals surface area contributed by atoms with Crippen molar-refractivity contribution in [3.8, 4) is 5.69 Å². The maximum Gasteiger partial charge on any atom is 0.266 e. The first-order valence-electron chi connectivity index (χ1n) is 8.50. The van der Waals surface area contributed by atoms with E-state index in [1.807, 2.05) is 57.2 Å². The lowest BCUT2D eigenvalue weighted by Gasteiger charge is -2.16. The van der Waals surface area contributed by atoms with Gasteiger partial charge in [0.2, 0.25) is 5.91 Å². The molecule has 3 rings (SSSR count). The van der Waals surface area contributed by atoms with Crippen LogP contribution in [0, 0.1) is 13.8 Å². The van der Waals surface area contributed by atoms with Crippen molar-refractivity contribution in [2.24, 2.45) is 0 Å². The predicted molar refractivity (Wildman–Crippen MR) is 106 cm³/mol. The van der Waals surface area contributed by atoms with Gasteiger partial charge in [-0.1, -0.05) is 36.0 Å².